The average molecular weight is 377 g/mol. The van der Waals surface area contributed by atoms with Crippen LogP contribution in [0.4, 0.5) is 0 Å². The monoisotopic (exact) mass is 376 g/mol. The van der Waals surface area contributed by atoms with Gasteiger partial charge in [0.15, 0.2) is 11.5 Å². The van der Waals surface area contributed by atoms with Gasteiger partial charge in [0.25, 0.3) is 5.91 Å². The Morgan fingerprint density at radius 1 is 1.30 bits per heavy atom. The molecule has 0 radical (unpaired) electrons. The van der Waals surface area contributed by atoms with Gasteiger partial charge in [0.1, 0.15) is 5.75 Å². The molecule has 2 aromatic rings. The summed E-state index contributed by atoms with van der Waals surface area (Å²) < 4.78 is 16.5. The first-order chi connectivity index (χ1) is 11.2. The molecular formula is C16H13BrN2O4. The summed E-state index contributed by atoms with van der Waals surface area (Å²) in [5.74, 6) is 1.61. The molecule has 0 saturated heterocycles. The zero-order chi connectivity index (χ0) is 16.2. The fraction of sp³-hybridized carbons (Fsp3) is 0.125. The van der Waals surface area contributed by atoms with Crippen LogP contribution in [0.15, 0.2) is 46.0 Å². The van der Waals surface area contributed by atoms with Gasteiger partial charge in [-0.05, 0) is 46.3 Å². The van der Waals surface area contributed by atoms with Crippen LogP contribution in [0, 0.1) is 0 Å². The molecule has 1 amide bonds. The molecule has 1 aliphatic heterocycles. The number of rotatable bonds is 4. The standard InChI is InChI=1S/C16H13BrN2O4/c1-21-12-4-2-3-10(5-12)16(20)19-18-8-11-6-14-15(7-13(11)17)23-9-22-14/h2-8H,9H2,1H3,(H,19,20)/b18-8-. The van der Waals surface area contributed by atoms with Gasteiger partial charge in [-0.15, -0.1) is 0 Å². The molecular weight excluding hydrogens is 364 g/mol. The summed E-state index contributed by atoms with van der Waals surface area (Å²) in [7, 11) is 1.55. The molecule has 0 bridgehead atoms. The van der Waals surface area contributed by atoms with E-state index in [1.807, 2.05) is 0 Å². The third-order valence-electron chi connectivity index (χ3n) is 3.19. The summed E-state index contributed by atoms with van der Waals surface area (Å²) in [6.07, 6.45) is 1.53. The Hall–Kier alpha value is -2.54. The van der Waals surface area contributed by atoms with Crippen LogP contribution in [0.25, 0.3) is 0 Å². The number of carbonyl (C=O) groups excluding carboxylic acids is 1. The lowest BCUT2D eigenvalue weighted by Gasteiger charge is -2.04. The van der Waals surface area contributed by atoms with Gasteiger partial charge in [0, 0.05) is 15.6 Å². The van der Waals surface area contributed by atoms with Crippen molar-refractivity contribution in [3.63, 3.8) is 0 Å². The van der Waals surface area contributed by atoms with Gasteiger partial charge in [-0.3, -0.25) is 4.79 Å². The van der Waals surface area contributed by atoms with Crippen molar-refractivity contribution in [2.24, 2.45) is 5.10 Å². The average Bonchev–Trinajstić information content (AvgIpc) is 3.02. The molecule has 0 unspecified atom stereocenters. The van der Waals surface area contributed by atoms with Gasteiger partial charge in [-0.2, -0.15) is 5.10 Å². The summed E-state index contributed by atoms with van der Waals surface area (Å²) in [5.41, 5.74) is 3.70. The van der Waals surface area contributed by atoms with E-state index in [-0.39, 0.29) is 12.7 Å². The Bertz CT molecular complexity index is 777. The van der Waals surface area contributed by atoms with E-state index < -0.39 is 0 Å². The first-order valence-corrected chi connectivity index (χ1v) is 7.53. The molecule has 23 heavy (non-hydrogen) atoms. The van der Waals surface area contributed by atoms with Crippen LogP contribution in [0.3, 0.4) is 0 Å². The topological polar surface area (TPSA) is 69.2 Å². The minimum Gasteiger partial charge on any atom is -0.497 e. The number of benzene rings is 2. The fourth-order valence-corrected chi connectivity index (χ4v) is 2.45. The van der Waals surface area contributed by atoms with Crippen molar-refractivity contribution in [2.45, 2.75) is 0 Å². The molecule has 0 fully saturated rings. The molecule has 0 aliphatic carbocycles. The highest BCUT2D eigenvalue weighted by molar-refractivity contribution is 9.10. The van der Waals surface area contributed by atoms with Crippen LogP contribution >= 0.6 is 15.9 Å². The summed E-state index contributed by atoms with van der Waals surface area (Å²) >= 11 is 3.42. The second kappa shape index (κ2) is 6.70. The Morgan fingerprint density at radius 2 is 2.09 bits per heavy atom. The molecule has 7 heteroatoms. The van der Waals surface area contributed by atoms with Gasteiger partial charge in [-0.25, -0.2) is 5.43 Å². The maximum absolute atomic E-state index is 12.0. The minimum atomic E-state index is -0.322. The van der Waals surface area contributed by atoms with E-state index in [4.69, 9.17) is 14.2 Å². The first-order valence-electron chi connectivity index (χ1n) is 6.74. The van der Waals surface area contributed by atoms with E-state index in [9.17, 15) is 4.79 Å². The SMILES string of the molecule is COc1cccc(C(=O)N/N=C\c2cc3c(cc2Br)OCO3)c1. The number of nitrogens with one attached hydrogen (secondary N) is 1. The lowest BCUT2D eigenvalue weighted by atomic mass is 10.2. The Kier molecular flexibility index (Phi) is 4.47. The van der Waals surface area contributed by atoms with Crippen molar-refractivity contribution in [2.75, 3.05) is 13.9 Å². The third kappa shape index (κ3) is 3.45. The van der Waals surface area contributed by atoms with Crippen LogP contribution in [0.5, 0.6) is 17.2 Å². The zero-order valence-corrected chi connectivity index (χ0v) is 13.8. The smallest absolute Gasteiger partial charge is 0.271 e. The van der Waals surface area contributed by atoms with E-state index in [2.05, 4.69) is 26.5 Å². The normalized spacial score (nSPS) is 12.4. The number of methoxy groups -OCH3 is 1. The minimum absolute atomic E-state index is 0.203. The van der Waals surface area contributed by atoms with Crippen LogP contribution < -0.4 is 19.6 Å². The maximum Gasteiger partial charge on any atom is 0.271 e. The van der Waals surface area contributed by atoms with Crippen molar-refractivity contribution >= 4 is 28.1 Å². The van der Waals surface area contributed by atoms with Crippen molar-refractivity contribution in [1.82, 2.24) is 5.43 Å². The van der Waals surface area contributed by atoms with Crippen LogP contribution in [0.2, 0.25) is 0 Å². The molecule has 6 nitrogen and oxygen atoms in total. The predicted molar refractivity (Wildman–Crippen MR) is 88.3 cm³/mol. The van der Waals surface area contributed by atoms with Crippen molar-refractivity contribution in [3.8, 4) is 17.2 Å². The molecule has 0 aromatic heterocycles. The number of carbonyl (C=O) groups is 1. The molecule has 3 rings (SSSR count). The summed E-state index contributed by atoms with van der Waals surface area (Å²) in [6, 6.07) is 10.4. The predicted octanol–water partition coefficient (Wildman–Crippen LogP) is 2.95. The highest BCUT2D eigenvalue weighted by Gasteiger charge is 2.15. The lowest BCUT2D eigenvalue weighted by molar-refractivity contribution is 0.0955. The van der Waals surface area contributed by atoms with Crippen LogP contribution in [-0.2, 0) is 0 Å². The summed E-state index contributed by atoms with van der Waals surface area (Å²) in [4.78, 5) is 12.0. The maximum atomic E-state index is 12.0. The van der Waals surface area contributed by atoms with E-state index in [1.54, 1.807) is 43.5 Å². The Labute approximate surface area is 141 Å². The molecule has 0 saturated carbocycles. The quantitative estimate of drug-likeness (QED) is 0.657. The molecule has 1 N–H and O–H groups in total. The number of hydrogen-bond donors (Lipinski definition) is 1. The number of amides is 1. The second-order valence-corrected chi connectivity index (χ2v) is 5.51. The van der Waals surface area contributed by atoms with Gasteiger partial charge >= 0.3 is 0 Å². The van der Waals surface area contributed by atoms with Crippen LogP contribution in [-0.4, -0.2) is 26.0 Å². The third-order valence-corrected chi connectivity index (χ3v) is 3.88. The summed E-state index contributed by atoms with van der Waals surface area (Å²) in [5, 5.41) is 3.97. The van der Waals surface area contributed by atoms with E-state index >= 15 is 0 Å². The molecule has 1 heterocycles. The van der Waals surface area contributed by atoms with Gasteiger partial charge in [0.05, 0.1) is 13.3 Å². The van der Waals surface area contributed by atoms with E-state index in [0.717, 1.165) is 10.0 Å². The molecule has 0 spiro atoms. The number of fused-ring (bicyclic) bond motifs is 1. The number of halogens is 1. The van der Waals surface area contributed by atoms with Gasteiger partial charge < -0.3 is 14.2 Å². The molecule has 1 aliphatic rings. The number of nitrogens with zero attached hydrogens (tertiary/aromatic N) is 1. The largest absolute Gasteiger partial charge is 0.497 e. The number of ether oxygens (including phenoxy) is 3. The Balaban J connectivity index is 1.70. The number of hydrazone groups is 1. The highest BCUT2D eigenvalue weighted by atomic mass is 79.9. The molecule has 0 atom stereocenters. The first kappa shape index (κ1) is 15.4. The van der Waals surface area contributed by atoms with E-state index in [0.29, 0.717) is 22.8 Å². The Morgan fingerprint density at radius 3 is 2.87 bits per heavy atom. The van der Waals surface area contributed by atoms with Crippen molar-refractivity contribution in [1.29, 1.82) is 0 Å². The molecule has 2 aromatic carbocycles. The van der Waals surface area contributed by atoms with E-state index in [1.165, 1.54) is 6.21 Å². The lowest BCUT2D eigenvalue weighted by Crippen LogP contribution is -2.17. The zero-order valence-electron chi connectivity index (χ0n) is 12.2. The highest BCUT2D eigenvalue weighted by Crippen LogP contribution is 2.36. The second-order valence-electron chi connectivity index (χ2n) is 4.66. The number of hydrogen-bond acceptors (Lipinski definition) is 5. The van der Waals surface area contributed by atoms with Crippen molar-refractivity contribution in [3.05, 3.63) is 52.0 Å². The summed E-state index contributed by atoms with van der Waals surface area (Å²) in [6.45, 7) is 0.203. The van der Waals surface area contributed by atoms with Crippen LogP contribution in [0.1, 0.15) is 15.9 Å². The van der Waals surface area contributed by atoms with Gasteiger partial charge in [0.2, 0.25) is 6.79 Å². The van der Waals surface area contributed by atoms with Gasteiger partial charge in [-0.1, -0.05) is 6.07 Å². The van der Waals surface area contributed by atoms with Crippen molar-refractivity contribution < 1.29 is 19.0 Å². The fourth-order valence-electron chi connectivity index (χ4n) is 2.02. The molecule has 118 valence electrons.